The van der Waals surface area contributed by atoms with Gasteiger partial charge in [0.25, 0.3) is 0 Å². The molecule has 9 heteroatoms. The van der Waals surface area contributed by atoms with Gasteiger partial charge in [0.05, 0.1) is 32.8 Å². The van der Waals surface area contributed by atoms with Gasteiger partial charge in [0.1, 0.15) is 18.0 Å². The molecule has 0 spiro atoms. The number of piperidine rings is 1. The van der Waals surface area contributed by atoms with Gasteiger partial charge < -0.3 is 28.9 Å². The van der Waals surface area contributed by atoms with Crippen molar-refractivity contribution in [1.29, 1.82) is 0 Å². The fourth-order valence-corrected chi connectivity index (χ4v) is 5.18. The molecule has 0 aliphatic carbocycles. The van der Waals surface area contributed by atoms with E-state index in [0.29, 0.717) is 69.1 Å². The molecule has 2 amide bonds. The minimum Gasteiger partial charge on any atom is -0.490 e. The van der Waals surface area contributed by atoms with Gasteiger partial charge in [0.2, 0.25) is 11.8 Å². The van der Waals surface area contributed by atoms with E-state index in [1.54, 1.807) is 6.07 Å². The predicted molar refractivity (Wildman–Crippen MR) is 134 cm³/mol. The summed E-state index contributed by atoms with van der Waals surface area (Å²) in [5.41, 5.74) is 0.0194. The van der Waals surface area contributed by atoms with Crippen LogP contribution in [0.25, 0.3) is 0 Å². The zero-order chi connectivity index (χ0) is 24.8. The molecular formula is C26H38ClN3O5. The van der Waals surface area contributed by atoms with E-state index < -0.39 is 5.60 Å². The number of hydrogen-bond acceptors (Lipinski definition) is 6. The number of ether oxygens (including phenoxy) is 3. The number of morpholine rings is 2. The summed E-state index contributed by atoms with van der Waals surface area (Å²) in [5, 5.41) is 0.675. The van der Waals surface area contributed by atoms with Crippen molar-refractivity contribution >= 4 is 23.4 Å². The van der Waals surface area contributed by atoms with Crippen molar-refractivity contribution in [2.24, 2.45) is 5.92 Å². The van der Waals surface area contributed by atoms with Crippen molar-refractivity contribution in [2.45, 2.75) is 38.2 Å². The van der Waals surface area contributed by atoms with Gasteiger partial charge in [-0.2, -0.15) is 0 Å². The zero-order valence-corrected chi connectivity index (χ0v) is 21.7. The molecular weight excluding hydrogens is 470 g/mol. The van der Waals surface area contributed by atoms with Crippen LogP contribution in [0.4, 0.5) is 0 Å². The minimum atomic E-state index is -0.899. The molecule has 1 atom stereocenters. The van der Waals surface area contributed by atoms with Gasteiger partial charge in [-0.3, -0.25) is 9.59 Å². The van der Waals surface area contributed by atoms with Gasteiger partial charge in [-0.1, -0.05) is 11.6 Å². The van der Waals surface area contributed by atoms with Crippen LogP contribution >= 0.6 is 11.6 Å². The van der Waals surface area contributed by atoms with E-state index in [-0.39, 0.29) is 24.8 Å². The average Bonchev–Trinajstić information content (AvgIpc) is 2.87. The maximum absolute atomic E-state index is 13.3. The third-order valence-electron chi connectivity index (χ3n) is 7.37. The SMILES string of the molecule is Cc1cc(OC[C@@]2(CC(=O)N3CCOCC3)CN(C(=O)CC3CCN(C)CC3)CCO2)ccc1Cl. The van der Waals surface area contributed by atoms with Crippen molar-refractivity contribution in [3.05, 3.63) is 28.8 Å². The molecule has 35 heavy (non-hydrogen) atoms. The molecule has 194 valence electrons. The summed E-state index contributed by atoms with van der Waals surface area (Å²) in [6.07, 6.45) is 2.81. The number of hydrogen-bond donors (Lipinski definition) is 0. The topological polar surface area (TPSA) is 71.5 Å². The van der Waals surface area contributed by atoms with Gasteiger partial charge in [-0.05, 0) is 69.6 Å². The molecule has 0 bridgehead atoms. The third kappa shape index (κ3) is 7.09. The number of rotatable bonds is 7. The first kappa shape index (κ1) is 26.2. The Morgan fingerprint density at radius 2 is 1.77 bits per heavy atom. The van der Waals surface area contributed by atoms with Crippen molar-refractivity contribution in [3.63, 3.8) is 0 Å². The van der Waals surface area contributed by atoms with E-state index in [2.05, 4.69) is 11.9 Å². The molecule has 1 aromatic carbocycles. The number of likely N-dealkylation sites (tertiary alicyclic amines) is 1. The van der Waals surface area contributed by atoms with Crippen molar-refractivity contribution in [2.75, 3.05) is 72.7 Å². The largest absolute Gasteiger partial charge is 0.490 e. The molecule has 3 fully saturated rings. The molecule has 0 saturated carbocycles. The van der Waals surface area contributed by atoms with Crippen LogP contribution in [0, 0.1) is 12.8 Å². The quantitative estimate of drug-likeness (QED) is 0.565. The van der Waals surface area contributed by atoms with Crippen molar-refractivity contribution < 1.29 is 23.8 Å². The molecule has 0 aromatic heterocycles. The highest BCUT2D eigenvalue weighted by Gasteiger charge is 2.42. The third-order valence-corrected chi connectivity index (χ3v) is 7.80. The van der Waals surface area contributed by atoms with Crippen LogP contribution in [-0.4, -0.2) is 105 Å². The lowest BCUT2D eigenvalue weighted by Gasteiger charge is -2.43. The molecule has 3 aliphatic heterocycles. The first-order valence-electron chi connectivity index (χ1n) is 12.7. The molecule has 4 rings (SSSR count). The number of carbonyl (C=O) groups excluding carboxylic acids is 2. The van der Waals surface area contributed by atoms with E-state index in [1.165, 1.54) is 0 Å². The molecule has 1 aromatic rings. The van der Waals surface area contributed by atoms with Gasteiger partial charge in [0, 0.05) is 31.1 Å². The Balaban J connectivity index is 1.45. The normalized spacial score (nSPS) is 24.4. The van der Waals surface area contributed by atoms with E-state index in [1.807, 2.05) is 28.9 Å². The van der Waals surface area contributed by atoms with E-state index in [4.69, 9.17) is 25.8 Å². The second-order valence-electron chi connectivity index (χ2n) is 10.2. The Morgan fingerprint density at radius 3 is 2.49 bits per heavy atom. The fraction of sp³-hybridized carbons (Fsp3) is 0.692. The van der Waals surface area contributed by atoms with Crippen molar-refractivity contribution in [1.82, 2.24) is 14.7 Å². The first-order chi connectivity index (χ1) is 16.8. The number of halogens is 1. The van der Waals surface area contributed by atoms with Crippen molar-refractivity contribution in [3.8, 4) is 5.75 Å². The van der Waals surface area contributed by atoms with E-state index in [9.17, 15) is 9.59 Å². The Bertz CT molecular complexity index is 886. The molecule has 0 N–H and O–H groups in total. The zero-order valence-electron chi connectivity index (χ0n) is 21.0. The highest BCUT2D eigenvalue weighted by Crippen LogP contribution is 2.29. The lowest BCUT2D eigenvalue weighted by atomic mass is 9.92. The lowest BCUT2D eigenvalue weighted by Crippen LogP contribution is -2.59. The Morgan fingerprint density at radius 1 is 1.06 bits per heavy atom. The molecule has 3 saturated heterocycles. The molecule has 0 unspecified atom stereocenters. The number of benzene rings is 1. The van der Waals surface area contributed by atoms with Gasteiger partial charge in [-0.25, -0.2) is 0 Å². The number of aryl methyl sites for hydroxylation is 1. The number of nitrogens with zero attached hydrogens (tertiary/aromatic N) is 3. The summed E-state index contributed by atoms with van der Waals surface area (Å²) >= 11 is 6.17. The van der Waals surface area contributed by atoms with Gasteiger partial charge in [-0.15, -0.1) is 0 Å². The van der Waals surface area contributed by atoms with Crippen LogP contribution in [0.5, 0.6) is 5.75 Å². The summed E-state index contributed by atoms with van der Waals surface area (Å²) in [6, 6.07) is 5.50. The molecule has 0 radical (unpaired) electrons. The van der Waals surface area contributed by atoms with E-state index in [0.717, 1.165) is 31.5 Å². The maximum atomic E-state index is 13.3. The molecule has 3 heterocycles. The molecule has 3 aliphatic rings. The summed E-state index contributed by atoms with van der Waals surface area (Å²) in [4.78, 5) is 32.5. The fourth-order valence-electron chi connectivity index (χ4n) is 5.07. The Hall–Kier alpha value is -1.87. The number of carbonyl (C=O) groups is 2. The highest BCUT2D eigenvalue weighted by atomic mass is 35.5. The number of amides is 2. The van der Waals surface area contributed by atoms with Crippen LogP contribution in [0.15, 0.2) is 18.2 Å². The molecule has 8 nitrogen and oxygen atoms in total. The second kappa shape index (κ2) is 11.9. The lowest BCUT2D eigenvalue weighted by molar-refractivity contribution is -0.167. The summed E-state index contributed by atoms with van der Waals surface area (Å²) in [5.74, 6) is 1.24. The second-order valence-corrected chi connectivity index (χ2v) is 10.6. The van der Waals surface area contributed by atoms with E-state index >= 15 is 0 Å². The van der Waals surface area contributed by atoms with Gasteiger partial charge in [0.15, 0.2) is 0 Å². The minimum absolute atomic E-state index is 0.00815. The summed E-state index contributed by atoms with van der Waals surface area (Å²) < 4.78 is 17.8. The summed E-state index contributed by atoms with van der Waals surface area (Å²) in [7, 11) is 2.13. The average molecular weight is 508 g/mol. The van der Waals surface area contributed by atoms with Gasteiger partial charge >= 0.3 is 0 Å². The maximum Gasteiger partial charge on any atom is 0.225 e. The Labute approximate surface area is 213 Å². The van der Waals surface area contributed by atoms with Crippen LogP contribution in [0.3, 0.4) is 0 Å². The predicted octanol–water partition coefficient (Wildman–Crippen LogP) is 2.61. The summed E-state index contributed by atoms with van der Waals surface area (Å²) in [6.45, 7) is 7.69. The smallest absolute Gasteiger partial charge is 0.225 e. The van der Waals surface area contributed by atoms with Crippen LogP contribution < -0.4 is 4.74 Å². The standard InChI is InChI=1S/C26H38ClN3O5/c1-20-15-22(3-4-23(20)27)34-19-26(17-25(32)29-9-12-33-13-10-29)18-30(11-14-35-26)24(31)16-21-5-7-28(2)8-6-21/h3-4,15,21H,5-14,16-19H2,1-2H3/t26-/m1/s1. The Kier molecular flexibility index (Phi) is 8.92. The first-order valence-corrected chi connectivity index (χ1v) is 13.1. The van der Waals surface area contributed by atoms with Crippen LogP contribution in [0.2, 0.25) is 5.02 Å². The highest BCUT2D eigenvalue weighted by molar-refractivity contribution is 6.31. The van der Waals surface area contributed by atoms with Crippen LogP contribution in [0.1, 0.15) is 31.2 Å². The monoisotopic (exact) mass is 507 g/mol. The van der Waals surface area contributed by atoms with Crippen LogP contribution in [-0.2, 0) is 19.1 Å².